The first-order chi connectivity index (χ1) is 10.3. The SMILES string of the molecule is O=c1c(Br)c(Br)c(=O)c2sc3c(=O)c(Br)c(Br)c(=O)c3sc12. The second-order valence-corrected chi connectivity index (χ2v) is 9.31. The maximum absolute atomic E-state index is 12.3. The van der Waals surface area contributed by atoms with Crippen LogP contribution >= 0.6 is 86.4 Å². The van der Waals surface area contributed by atoms with E-state index in [-0.39, 0.29) is 36.7 Å². The molecule has 4 nitrogen and oxygen atoms in total. The molecule has 1 heterocycles. The van der Waals surface area contributed by atoms with Crippen molar-refractivity contribution in [2.24, 2.45) is 0 Å². The molecule has 0 spiro atoms. The highest BCUT2D eigenvalue weighted by Gasteiger charge is 2.20. The second kappa shape index (κ2) is 5.82. The highest BCUT2D eigenvalue weighted by molar-refractivity contribution is 9.13. The lowest BCUT2D eigenvalue weighted by Gasteiger charge is -2.02. The van der Waals surface area contributed by atoms with Gasteiger partial charge in [-0.3, -0.25) is 19.2 Å². The number of hydrogen-bond acceptors (Lipinski definition) is 6. The van der Waals surface area contributed by atoms with E-state index in [4.69, 9.17) is 0 Å². The summed E-state index contributed by atoms with van der Waals surface area (Å²) < 4.78 is 1.06. The highest BCUT2D eigenvalue weighted by atomic mass is 79.9. The van der Waals surface area contributed by atoms with Crippen molar-refractivity contribution in [3.05, 3.63) is 58.8 Å². The molecule has 0 atom stereocenters. The molecule has 1 aromatic heterocycles. The van der Waals surface area contributed by atoms with Crippen LogP contribution in [0, 0.1) is 0 Å². The quantitative estimate of drug-likeness (QED) is 0.370. The van der Waals surface area contributed by atoms with Gasteiger partial charge in [0.1, 0.15) is 0 Å². The number of hydrogen-bond donors (Lipinski definition) is 0. The van der Waals surface area contributed by atoms with Crippen LogP contribution in [-0.2, 0) is 0 Å². The monoisotopic (exact) mass is 588 g/mol. The Morgan fingerprint density at radius 1 is 0.455 bits per heavy atom. The average Bonchev–Trinajstić information content (AvgIpc) is 2.52. The van der Waals surface area contributed by atoms with Gasteiger partial charge >= 0.3 is 0 Å². The van der Waals surface area contributed by atoms with Crippen molar-refractivity contribution in [3.8, 4) is 0 Å². The van der Waals surface area contributed by atoms with E-state index in [1.807, 2.05) is 0 Å². The zero-order valence-corrected chi connectivity index (χ0v) is 17.9. The molecular formula is C12Br4O4S2. The van der Waals surface area contributed by atoms with Crippen LogP contribution in [0.4, 0.5) is 0 Å². The molecule has 0 aliphatic carbocycles. The zero-order valence-electron chi connectivity index (χ0n) is 9.96. The van der Waals surface area contributed by atoms with Crippen molar-refractivity contribution >= 4 is 105 Å². The predicted molar refractivity (Wildman–Crippen MR) is 104 cm³/mol. The summed E-state index contributed by atoms with van der Waals surface area (Å²) in [4.78, 5) is 49.2. The summed E-state index contributed by atoms with van der Waals surface area (Å²) in [6.07, 6.45) is 0. The standard InChI is InChI=1S/C12Br4O4S2/c13-1-2(14)6(18)10-9(5(1)17)21-11-7(19)3(15)4(16)8(20)12(11)22-10. The molecule has 0 fully saturated rings. The molecular weight excluding hydrogens is 592 g/mol. The fraction of sp³-hybridized carbons (Fsp3) is 0. The Balaban J connectivity index is 2.77. The first-order valence-electron chi connectivity index (χ1n) is 5.39. The van der Waals surface area contributed by atoms with Gasteiger partial charge in [-0.05, 0) is 63.7 Å². The van der Waals surface area contributed by atoms with Gasteiger partial charge in [-0.25, -0.2) is 0 Å². The molecule has 0 saturated heterocycles. The third kappa shape index (κ3) is 2.30. The van der Waals surface area contributed by atoms with E-state index >= 15 is 0 Å². The molecule has 0 aliphatic rings. The fourth-order valence-corrected chi connectivity index (χ4v) is 6.25. The predicted octanol–water partition coefficient (Wildman–Crippen LogP) is 4.04. The Labute approximate surface area is 162 Å². The smallest absolute Gasteiger partial charge is 0.212 e. The summed E-state index contributed by atoms with van der Waals surface area (Å²) in [5.74, 6) is 0. The van der Waals surface area contributed by atoms with Crippen molar-refractivity contribution in [3.63, 3.8) is 0 Å². The molecule has 10 heteroatoms. The summed E-state index contributed by atoms with van der Waals surface area (Å²) in [6, 6.07) is 0. The van der Waals surface area contributed by atoms with E-state index in [1.165, 1.54) is 0 Å². The molecule has 112 valence electrons. The van der Waals surface area contributed by atoms with Crippen LogP contribution in [0.2, 0.25) is 0 Å². The number of rotatable bonds is 0. The molecule has 2 aromatic carbocycles. The third-order valence-corrected chi connectivity index (χ3v) is 9.55. The molecule has 0 N–H and O–H groups in total. The van der Waals surface area contributed by atoms with Crippen LogP contribution in [0.3, 0.4) is 0 Å². The summed E-state index contributed by atoms with van der Waals surface area (Å²) in [5.41, 5.74) is -1.57. The molecule has 3 aromatic rings. The summed E-state index contributed by atoms with van der Waals surface area (Å²) >= 11 is 14.0. The van der Waals surface area contributed by atoms with Crippen LogP contribution in [0.15, 0.2) is 37.1 Å². The van der Waals surface area contributed by atoms with Gasteiger partial charge in [-0.1, -0.05) is 0 Å². The molecule has 0 unspecified atom stereocenters. The first kappa shape index (κ1) is 16.8. The van der Waals surface area contributed by atoms with Crippen molar-refractivity contribution in [2.75, 3.05) is 0 Å². The van der Waals surface area contributed by atoms with E-state index in [2.05, 4.69) is 63.7 Å². The minimum atomic E-state index is -0.393. The van der Waals surface area contributed by atoms with Crippen LogP contribution < -0.4 is 21.7 Å². The van der Waals surface area contributed by atoms with Gasteiger partial charge in [0.05, 0.1) is 36.7 Å². The van der Waals surface area contributed by atoms with Crippen molar-refractivity contribution < 1.29 is 0 Å². The molecule has 0 radical (unpaired) electrons. The summed E-state index contributed by atoms with van der Waals surface area (Å²) in [6.45, 7) is 0. The number of benzene rings is 2. The zero-order chi connectivity index (χ0) is 16.3. The largest absolute Gasteiger partial charge is 0.287 e. The van der Waals surface area contributed by atoms with E-state index in [0.717, 1.165) is 22.7 Å². The lowest BCUT2D eigenvalue weighted by Crippen LogP contribution is -2.16. The minimum absolute atomic E-state index is 0.110. The van der Waals surface area contributed by atoms with Gasteiger partial charge in [0, 0.05) is 0 Å². The maximum atomic E-state index is 12.3. The fourth-order valence-electron chi connectivity index (χ4n) is 1.78. The Morgan fingerprint density at radius 3 is 0.818 bits per heavy atom. The number of halogens is 4. The highest BCUT2D eigenvalue weighted by Crippen LogP contribution is 2.31. The number of fused-ring (bicyclic) bond motifs is 2. The van der Waals surface area contributed by atoms with Gasteiger partial charge in [-0.2, -0.15) is 0 Å². The second-order valence-electron chi connectivity index (χ2n) is 4.09. The van der Waals surface area contributed by atoms with Crippen LogP contribution in [0.5, 0.6) is 0 Å². The van der Waals surface area contributed by atoms with Gasteiger partial charge < -0.3 is 0 Å². The molecule has 0 bridgehead atoms. The Kier molecular flexibility index (Phi) is 4.45. The van der Waals surface area contributed by atoms with Gasteiger partial charge in [0.15, 0.2) is 0 Å². The molecule has 0 amide bonds. The van der Waals surface area contributed by atoms with Gasteiger partial charge in [0.25, 0.3) is 0 Å². The molecule has 0 saturated carbocycles. The van der Waals surface area contributed by atoms with Crippen molar-refractivity contribution in [2.45, 2.75) is 0 Å². The van der Waals surface area contributed by atoms with Crippen molar-refractivity contribution in [1.82, 2.24) is 0 Å². The maximum Gasteiger partial charge on any atom is 0.212 e. The van der Waals surface area contributed by atoms with E-state index in [9.17, 15) is 19.2 Å². The van der Waals surface area contributed by atoms with Crippen LogP contribution in [0.25, 0.3) is 18.8 Å². The molecule has 22 heavy (non-hydrogen) atoms. The Morgan fingerprint density at radius 2 is 0.636 bits per heavy atom. The lowest BCUT2D eigenvalue weighted by atomic mass is 10.3. The first-order valence-corrected chi connectivity index (χ1v) is 10.2. The van der Waals surface area contributed by atoms with Gasteiger partial charge in [0.2, 0.25) is 21.7 Å². The van der Waals surface area contributed by atoms with Gasteiger partial charge in [-0.15, -0.1) is 22.7 Å². The minimum Gasteiger partial charge on any atom is -0.287 e. The van der Waals surface area contributed by atoms with E-state index in [1.54, 1.807) is 0 Å². The molecule has 3 rings (SSSR count). The molecule has 0 aliphatic heterocycles. The van der Waals surface area contributed by atoms with E-state index in [0.29, 0.717) is 0 Å². The Bertz CT molecular complexity index is 1010. The summed E-state index contributed by atoms with van der Waals surface area (Å²) in [7, 11) is 0. The third-order valence-electron chi connectivity index (χ3n) is 2.83. The Hall–Kier alpha value is -0.000000000000000139. The van der Waals surface area contributed by atoms with Crippen LogP contribution in [-0.4, -0.2) is 0 Å². The average molecular weight is 592 g/mol. The lowest BCUT2D eigenvalue weighted by molar-refractivity contribution is 1.52. The van der Waals surface area contributed by atoms with E-state index < -0.39 is 21.7 Å². The summed E-state index contributed by atoms with van der Waals surface area (Å²) in [5, 5.41) is 0. The van der Waals surface area contributed by atoms with Crippen molar-refractivity contribution in [1.29, 1.82) is 0 Å². The topological polar surface area (TPSA) is 68.3 Å². The van der Waals surface area contributed by atoms with Crippen LogP contribution in [0.1, 0.15) is 0 Å². The normalized spacial score (nSPS) is 11.5.